The molecule has 0 saturated heterocycles. The molecule has 2 fully saturated rings. The molecule has 3 rings (SSSR count). The number of likely N-dealkylation sites (N-methyl/N-ethyl adjacent to an activating group) is 1. The molecule has 0 bridgehead atoms. The number of nitrogens with one attached hydrogen (secondary N) is 1. The molecule has 1 aromatic heterocycles. The second-order valence-electron chi connectivity index (χ2n) is 5.91. The van der Waals surface area contributed by atoms with Crippen LogP contribution in [0.25, 0.3) is 0 Å². The molecule has 4 nitrogen and oxygen atoms in total. The zero-order valence-corrected chi connectivity index (χ0v) is 11.8. The first-order valence-corrected chi connectivity index (χ1v) is 7.38. The molecule has 4 heteroatoms. The topological polar surface area (TPSA) is 47.0 Å². The fraction of sp³-hybridized carbons (Fsp3) is 0.733. The first-order valence-electron chi connectivity index (χ1n) is 7.38. The number of rotatable bonds is 6. The van der Waals surface area contributed by atoms with Crippen molar-refractivity contribution in [3.05, 3.63) is 18.1 Å². The number of nitrogens with zero attached hydrogens (tertiary/aromatic N) is 2. The highest BCUT2D eigenvalue weighted by molar-refractivity contribution is 5.15. The minimum atomic E-state index is 0.553. The molecule has 0 aliphatic heterocycles. The molecule has 1 N–H and O–H groups in total. The van der Waals surface area contributed by atoms with Crippen LogP contribution < -0.4 is 10.1 Å². The Kier molecular flexibility index (Phi) is 3.69. The zero-order chi connectivity index (χ0) is 13.2. The summed E-state index contributed by atoms with van der Waals surface area (Å²) in [4.78, 5) is 8.45. The molecule has 19 heavy (non-hydrogen) atoms. The standard InChI is InChI=1S/C15H23N3O/c1-3-16-14(12-5-10-4-11(10)6-12)7-13-8-15(19-2)18-9-17-13/h8-12,14,16H,3-7H2,1-2H3. The van der Waals surface area contributed by atoms with Crippen molar-refractivity contribution in [3.8, 4) is 5.88 Å². The number of fused-ring (bicyclic) bond motifs is 1. The van der Waals surface area contributed by atoms with Gasteiger partial charge in [-0.25, -0.2) is 9.97 Å². The van der Waals surface area contributed by atoms with Crippen molar-refractivity contribution in [1.29, 1.82) is 0 Å². The molecular formula is C15H23N3O. The number of ether oxygens (including phenoxy) is 1. The minimum Gasteiger partial charge on any atom is -0.481 e. The van der Waals surface area contributed by atoms with Crippen LogP contribution >= 0.6 is 0 Å². The maximum Gasteiger partial charge on any atom is 0.216 e. The molecule has 2 aliphatic rings. The molecule has 2 aliphatic carbocycles. The Labute approximate surface area is 115 Å². The normalized spacial score (nSPS) is 29.9. The summed E-state index contributed by atoms with van der Waals surface area (Å²) >= 11 is 0. The predicted octanol–water partition coefficient (Wildman–Crippen LogP) is 2.05. The average Bonchev–Trinajstić information content (AvgIpc) is 3.05. The van der Waals surface area contributed by atoms with Gasteiger partial charge in [-0.05, 0) is 43.6 Å². The van der Waals surface area contributed by atoms with Gasteiger partial charge in [0, 0.05) is 24.2 Å². The van der Waals surface area contributed by atoms with E-state index >= 15 is 0 Å². The Morgan fingerprint density at radius 3 is 2.79 bits per heavy atom. The number of hydrogen-bond donors (Lipinski definition) is 1. The largest absolute Gasteiger partial charge is 0.481 e. The highest BCUT2D eigenvalue weighted by atomic mass is 16.5. The van der Waals surface area contributed by atoms with E-state index in [2.05, 4.69) is 22.2 Å². The van der Waals surface area contributed by atoms with Gasteiger partial charge in [-0.1, -0.05) is 6.92 Å². The summed E-state index contributed by atoms with van der Waals surface area (Å²) in [5.74, 6) is 3.55. The summed E-state index contributed by atoms with van der Waals surface area (Å²) in [5, 5.41) is 3.65. The van der Waals surface area contributed by atoms with Crippen LogP contribution in [0.3, 0.4) is 0 Å². The molecule has 3 unspecified atom stereocenters. The molecule has 0 aromatic carbocycles. The Morgan fingerprint density at radius 1 is 1.32 bits per heavy atom. The van der Waals surface area contributed by atoms with Crippen LogP contribution in [0.4, 0.5) is 0 Å². The first kappa shape index (κ1) is 12.9. The van der Waals surface area contributed by atoms with E-state index in [1.807, 2.05) is 6.07 Å². The maximum atomic E-state index is 5.17. The van der Waals surface area contributed by atoms with Gasteiger partial charge in [-0.2, -0.15) is 0 Å². The third-order valence-electron chi connectivity index (χ3n) is 4.65. The highest BCUT2D eigenvalue weighted by Crippen LogP contribution is 2.55. The maximum absolute atomic E-state index is 5.17. The fourth-order valence-corrected chi connectivity index (χ4v) is 3.58. The Bertz CT molecular complexity index is 427. The smallest absolute Gasteiger partial charge is 0.216 e. The monoisotopic (exact) mass is 261 g/mol. The SMILES string of the molecule is CCNC(Cc1cc(OC)ncn1)C1CC2CC2C1. The second-order valence-corrected chi connectivity index (χ2v) is 5.91. The Balaban J connectivity index is 1.66. The zero-order valence-electron chi connectivity index (χ0n) is 11.8. The fourth-order valence-electron chi connectivity index (χ4n) is 3.58. The Morgan fingerprint density at radius 2 is 2.11 bits per heavy atom. The van der Waals surface area contributed by atoms with Crippen LogP contribution in [0.2, 0.25) is 0 Å². The summed E-state index contributed by atoms with van der Waals surface area (Å²) in [7, 11) is 1.65. The van der Waals surface area contributed by atoms with Gasteiger partial charge >= 0.3 is 0 Å². The van der Waals surface area contributed by atoms with E-state index in [0.717, 1.165) is 36.4 Å². The quantitative estimate of drug-likeness (QED) is 0.851. The number of aromatic nitrogens is 2. The number of methoxy groups -OCH3 is 1. The van der Waals surface area contributed by atoms with Gasteiger partial charge in [0.15, 0.2) is 0 Å². The molecule has 0 radical (unpaired) electrons. The molecule has 104 valence electrons. The second kappa shape index (κ2) is 5.45. The van der Waals surface area contributed by atoms with Crippen LogP contribution in [-0.2, 0) is 6.42 Å². The lowest BCUT2D eigenvalue weighted by atomic mass is 9.91. The van der Waals surface area contributed by atoms with Crippen molar-refractivity contribution in [1.82, 2.24) is 15.3 Å². The molecular weight excluding hydrogens is 238 g/mol. The van der Waals surface area contributed by atoms with E-state index in [4.69, 9.17) is 4.74 Å². The van der Waals surface area contributed by atoms with Gasteiger partial charge in [-0.15, -0.1) is 0 Å². The summed E-state index contributed by atoms with van der Waals surface area (Å²) in [6.45, 7) is 3.21. The van der Waals surface area contributed by atoms with Crippen molar-refractivity contribution >= 4 is 0 Å². The van der Waals surface area contributed by atoms with Gasteiger partial charge in [0.2, 0.25) is 5.88 Å². The molecule has 3 atom stereocenters. The van der Waals surface area contributed by atoms with Gasteiger partial charge in [0.05, 0.1) is 7.11 Å². The predicted molar refractivity (Wildman–Crippen MR) is 74.1 cm³/mol. The van der Waals surface area contributed by atoms with Crippen LogP contribution in [0.1, 0.15) is 31.9 Å². The van der Waals surface area contributed by atoms with E-state index < -0.39 is 0 Å². The molecule has 1 heterocycles. The summed E-state index contributed by atoms with van der Waals surface area (Å²) in [5.41, 5.74) is 1.08. The average molecular weight is 261 g/mol. The van der Waals surface area contributed by atoms with Crippen molar-refractivity contribution < 1.29 is 4.74 Å². The van der Waals surface area contributed by atoms with Crippen molar-refractivity contribution in [3.63, 3.8) is 0 Å². The molecule has 1 aromatic rings. The third kappa shape index (κ3) is 2.89. The van der Waals surface area contributed by atoms with Gasteiger partial charge in [0.1, 0.15) is 6.33 Å². The van der Waals surface area contributed by atoms with Crippen molar-refractivity contribution in [2.45, 2.75) is 38.6 Å². The van der Waals surface area contributed by atoms with E-state index in [-0.39, 0.29) is 0 Å². The minimum absolute atomic E-state index is 0.553. The van der Waals surface area contributed by atoms with Crippen LogP contribution in [0.15, 0.2) is 12.4 Å². The van der Waals surface area contributed by atoms with Gasteiger partial charge in [-0.3, -0.25) is 0 Å². The van der Waals surface area contributed by atoms with E-state index in [0.29, 0.717) is 11.9 Å². The summed E-state index contributed by atoms with van der Waals surface area (Å²) < 4.78 is 5.17. The van der Waals surface area contributed by atoms with E-state index in [1.165, 1.54) is 19.3 Å². The lowest BCUT2D eigenvalue weighted by Crippen LogP contribution is -2.37. The highest BCUT2D eigenvalue weighted by Gasteiger charge is 2.47. The van der Waals surface area contributed by atoms with E-state index in [9.17, 15) is 0 Å². The molecule has 0 spiro atoms. The Hall–Kier alpha value is -1.16. The van der Waals surface area contributed by atoms with Crippen LogP contribution in [0.5, 0.6) is 5.88 Å². The summed E-state index contributed by atoms with van der Waals surface area (Å²) in [6.07, 6.45) is 6.88. The first-order chi connectivity index (χ1) is 9.30. The van der Waals surface area contributed by atoms with Crippen molar-refractivity contribution in [2.24, 2.45) is 17.8 Å². The lowest BCUT2D eigenvalue weighted by Gasteiger charge is -2.25. The molecule has 2 saturated carbocycles. The third-order valence-corrected chi connectivity index (χ3v) is 4.65. The van der Waals surface area contributed by atoms with Gasteiger partial charge < -0.3 is 10.1 Å². The van der Waals surface area contributed by atoms with E-state index in [1.54, 1.807) is 13.4 Å². The number of hydrogen-bond acceptors (Lipinski definition) is 4. The van der Waals surface area contributed by atoms with Crippen LogP contribution in [-0.4, -0.2) is 29.7 Å². The van der Waals surface area contributed by atoms with Crippen molar-refractivity contribution in [2.75, 3.05) is 13.7 Å². The molecule has 0 amide bonds. The summed E-state index contributed by atoms with van der Waals surface area (Å²) in [6, 6.07) is 2.51. The van der Waals surface area contributed by atoms with Crippen LogP contribution in [0, 0.1) is 17.8 Å². The van der Waals surface area contributed by atoms with Gasteiger partial charge in [0.25, 0.3) is 0 Å². The lowest BCUT2D eigenvalue weighted by molar-refractivity contribution is 0.334.